The monoisotopic (exact) mass is 1560 g/mol. The van der Waals surface area contributed by atoms with Crippen molar-refractivity contribution in [2.24, 2.45) is 0 Å². The highest BCUT2D eigenvalue weighted by atomic mass is 127. The Bertz CT molecular complexity index is 3110. The Balaban J connectivity index is 0.000000205. The zero-order valence-electron chi connectivity index (χ0n) is 54.7. The van der Waals surface area contributed by atoms with E-state index in [0.29, 0.717) is 17.8 Å². The first-order valence-electron chi connectivity index (χ1n) is 30.5. The van der Waals surface area contributed by atoms with Gasteiger partial charge in [-0.3, -0.25) is 0 Å². The van der Waals surface area contributed by atoms with Crippen LogP contribution >= 0.6 is 0 Å². The van der Waals surface area contributed by atoms with E-state index in [4.69, 9.17) is 0 Å². The average Bonchev–Trinajstić information content (AvgIpc) is 3.57. The van der Waals surface area contributed by atoms with Crippen LogP contribution in [0.3, 0.4) is 0 Å². The molecule has 8 rings (SSSR count). The lowest BCUT2D eigenvalue weighted by Crippen LogP contribution is -3.62. The summed E-state index contributed by atoms with van der Waals surface area (Å²) < 4.78 is 12.4. The minimum Gasteiger partial charge on any atom is -0.0619 e. The van der Waals surface area contributed by atoms with Gasteiger partial charge in [0.1, 0.15) is 0 Å². The maximum atomic E-state index is 2.49. The van der Waals surface area contributed by atoms with Gasteiger partial charge in [0.05, 0.1) is 0 Å². The third-order valence-corrected chi connectivity index (χ3v) is 26.7. The van der Waals surface area contributed by atoms with Crippen molar-refractivity contribution in [2.45, 2.75) is 204 Å². The molecule has 0 saturated heterocycles. The molecule has 83 heavy (non-hydrogen) atoms. The number of benzene rings is 8. The van der Waals surface area contributed by atoms with E-state index in [1.54, 1.807) is 44.1 Å². The lowest BCUT2D eigenvalue weighted by atomic mass is 9.75. The Labute approximate surface area is 549 Å². The smallest absolute Gasteiger partial charge is 0.0619 e. The summed E-state index contributed by atoms with van der Waals surface area (Å²) in [6, 6.07) is 67.8. The minimum absolute atomic E-state index is 0.0208. The highest BCUT2D eigenvalue weighted by Gasteiger charge is 2.36. The summed E-state index contributed by atoms with van der Waals surface area (Å²) in [6.07, 6.45) is 3.45. The SMILES string of the molecule is CC(C)(C)c1cc(C(C)(C)C)c([I+]c2ccccc2)c(C(C)(C)C)c1.CC(C)(C)c1ccc([I+]c2ccccc2)cc1.CC(C)c1cc(C(C)C)c([I+]c2ccccc2)c(C(C)C)c1.CCc1cc(CC)c([I+]c2ccccc2)c(CC)c1. The first kappa shape index (κ1) is 70.4. The van der Waals surface area contributed by atoms with Crippen LogP contribution in [0.5, 0.6) is 0 Å². The molecule has 0 unspecified atom stereocenters. The predicted octanol–water partition coefficient (Wildman–Crippen LogP) is 9.51. The van der Waals surface area contributed by atoms with Gasteiger partial charge < -0.3 is 0 Å². The van der Waals surface area contributed by atoms with E-state index in [0.717, 1.165) is 19.3 Å². The Kier molecular flexibility index (Phi) is 27.7. The van der Waals surface area contributed by atoms with Crippen LogP contribution in [0.4, 0.5) is 0 Å². The minimum atomic E-state index is -0.196. The van der Waals surface area contributed by atoms with Crippen LogP contribution in [0, 0.1) is 28.6 Å². The molecule has 0 N–H and O–H groups in total. The van der Waals surface area contributed by atoms with Crippen molar-refractivity contribution >= 4 is 0 Å². The zero-order chi connectivity index (χ0) is 61.3. The third-order valence-electron chi connectivity index (χ3n) is 14.5. The molecule has 0 nitrogen and oxygen atoms in total. The second-order valence-corrected chi connectivity index (χ2v) is 38.3. The van der Waals surface area contributed by atoms with E-state index in [-0.39, 0.29) is 106 Å². The molecular weight excluding hydrogens is 1460 g/mol. The molecule has 0 radical (unpaired) electrons. The Morgan fingerprint density at radius 1 is 0.301 bits per heavy atom. The van der Waals surface area contributed by atoms with Gasteiger partial charge in [0.15, 0.2) is 17.9 Å². The van der Waals surface area contributed by atoms with Gasteiger partial charge in [-0.25, -0.2) is 0 Å². The van der Waals surface area contributed by atoms with E-state index >= 15 is 0 Å². The van der Waals surface area contributed by atoms with Crippen molar-refractivity contribution in [3.8, 4) is 0 Å². The molecule has 0 aliphatic rings. The molecule has 0 atom stereocenters. The first-order valence-corrected chi connectivity index (χ1v) is 39.1. The molecular formula is C79H102I4+4. The van der Waals surface area contributed by atoms with Crippen LogP contribution in [0.15, 0.2) is 182 Å². The molecule has 0 fully saturated rings. The standard InChI is InChI=1S/C24H34I.C21H28I.C18H22I.C16H18I/c1-22(2,3)17-15-19(23(4,5)6)21(20(16-17)24(7,8)9)25-18-13-11-10-12-14-18;1-14(2)17-12-19(15(3)4)21(20(13-17)16(5)6)22-18-10-8-7-9-11-18;1-4-14-12-15(5-2)18(16(6-3)13-14)19-17-10-8-7-9-11-17;1-16(2,3)13-9-11-15(12-10-13)17-14-7-5-4-6-8-14/h10-16H,1-9H3;7-16H,1-6H3;7-13H,4-6H2,1-3H3;4-12H,1-3H3/q4*+1. The summed E-state index contributed by atoms with van der Waals surface area (Å²) in [5.41, 5.74) is 16.0. The van der Waals surface area contributed by atoms with Gasteiger partial charge in [0, 0.05) is 33.4 Å². The summed E-state index contributed by atoms with van der Waals surface area (Å²) in [5.74, 6) is 1.78. The van der Waals surface area contributed by atoms with Gasteiger partial charge in [-0.1, -0.05) is 267 Å². The van der Waals surface area contributed by atoms with Crippen LogP contribution in [0.2, 0.25) is 0 Å². The lowest BCUT2D eigenvalue weighted by Gasteiger charge is -2.29. The highest BCUT2D eigenvalue weighted by molar-refractivity contribution is 5.40. The molecule has 0 amide bonds. The Morgan fingerprint density at radius 3 is 0.928 bits per heavy atom. The molecule has 0 bridgehead atoms. The molecule has 0 spiro atoms. The molecule has 0 saturated carbocycles. The predicted molar refractivity (Wildman–Crippen MR) is 346 cm³/mol. The number of halogens is 4. The van der Waals surface area contributed by atoms with Crippen LogP contribution in [-0.4, -0.2) is 0 Å². The number of hydrogen-bond acceptors (Lipinski definition) is 0. The second kappa shape index (κ2) is 32.6. The molecule has 0 aliphatic carbocycles. The fourth-order valence-corrected chi connectivity index (χ4v) is 22.1. The lowest BCUT2D eigenvalue weighted by molar-refractivity contribution is -0.600. The number of hydrogen-bond donors (Lipinski definition) is 0. The summed E-state index contributed by atoms with van der Waals surface area (Å²) in [4.78, 5) is 0. The van der Waals surface area contributed by atoms with Crippen molar-refractivity contribution in [2.75, 3.05) is 0 Å². The summed E-state index contributed by atoms with van der Waals surface area (Å²) in [5, 5.41) is 0. The number of rotatable bonds is 14. The van der Waals surface area contributed by atoms with E-state index in [9.17, 15) is 0 Å². The Morgan fingerprint density at radius 2 is 0.627 bits per heavy atom. The quantitative estimate of drug-likeness (QED) is 0.0954. The second-order valence-electron chi connectivity index (χ2n) is 26.7. The van der Waals surface area contributed by atoms with Crippen molar-refractivity contribution in [3.63, 3.8) is 0 Å². The maximum Gasteiger partial charge on any atom is 0.358 e. The van der Waals surface area contributed by atoms with Crippen molar-refractivity contribution in [1.82, 2.24) is 0 Å². The zero-order valence-corrected chi connectivity index (χ0v) is 63.3. The van der Waals surface area contributed by atoms with Crippen LogP contribution in [-0.2, 0) is 40.9 Å². The van der Waals surface area contributed by atoms with Crippen molar-refractivity contribution in [1.29, 1.82) is 0 Å². The van der Waals surface area contributed by atoms with Gasteiger partial charge in [0.2, 0.25) is 10.7 Å². The van der Waals surface area contributed by atoms with Crippen molar-refractivity contribution < 1.29 is 84.8 Å². The normalized spacial score (nSPS) is 11.9. The molecule has 0 aliphatic heterocycles. The fraction of sp³-hybridized carbons (Fsp3) is 0.392. The molecule has 8 aromatic carbocycles. The van der Waals surface area contributed by atoms with E-state index in [2.05, 4.69) is 327 Å². The molecule has 0 heterocycles. The first-order chi connectivity index (χ1) is 39.0. The van der Waals surface area contributed by atoms with E-state index in [1.165, 1.54) is 40.1 Å². The fourth-order valence-electron chi connectivity index (χ4n) is 9.27. The van der Waals surface area contributed by atoms with Gasteiger partial charge in [0.25, 0.3) is 0 Å². The average molecular weight is 1560 g/mol. The Hall–Kier alpha value is -3.32. The van der Waals surface area contributed by atoms with Crippen LogP contribution < -0.4 is 84.8 Å². The molecule has 442 valence electrons. The number of aryl methyl sites for hydroxylation is 3. The molecule has 8 aromatic rings. The molecule has 0 aromatic heterocycles. The largest absolute Gasteiger partial charge is 0.358 e. The van der Waals surface area contributed by atoms with Gasteiger partial charge in [-0.05, 0) is 142 Å². The summed E-state index contributed by atoms with van der Waals surface area (Å²) in [7, 11) is 0. The summed E-state index contributed by atoms with van der Waals surface area (Å²) in [6.45, 7) is 48.7. The van der Waals surface area contributed by atoms with Gasteiger partial charge in [-0.2, -0.15) is 0 Å². The summed E-state index contributed by atoms with van der Waals surface area (Å²) >= 11 is -0.377. The third kappa shape index (κ3) is 22.1. The highest BCUT2D eigenvalue weighted by Crippen LogP contribution is 2.35. The van der Waals surface area contributed by atoms with E-state index in [1.807, 2.05) is 0 Å². The van der Waals surface area contributed by atoms with Gasteiger partial charge in [-0.15, -0.1) is 0 Å². The van der Waals surface area contributed by atoms with E-state index < -0.39 is 0 Å². The van der Waals surface area contributed by atoms with Crippen LogP contribution in [0.1, 0.15) is 219 Å². The maximum absolute atomic E-state index is 2.49. The van der Waals surface area contributed by atoms with Crippen LogP contribution in [0.25, 0.3) is 0 Å². The van der Waals surface area contributed by atoms with Gasteiger partial charge >= 0.3 is 84.8 Å². The topological polar surface area (TPSA) is 0 Å². The van der Waals surface area contributed by atoms with Crippen molar-refractivity contribution in [3.05, 3.63) is 266 Å². The molecule has 4 heteroatoms.